The van der Waals surface area contributed by atoms with Crippen LogP contribution in [-0.2, 0) is 19.1 Å². The first-order valence-electron chi connectivity index (χ1n) is 21.6. The van der Waals surface area contributed by atoms with E-state index in [1.54, 1.807) is 18.1 Å². The fourth-order valence-electron chi connectivity index (χ4n) is 10.7. The van der Waals surface area contributed by atoms with Crippen LogP contribution in [0.4, 0.5) is 0 Å². The molecule has 0 spiro atoms. The maximum absolute atomic E-state index is 12.1. The molecule has 0 heterocycles. The molecule has 5 rings (SSSR count). The van der Waals surface area contributed by atoms with E-state index in [0.717, 1.165) is 54.3 Å². The summed E-state index contributed by atoms with van der Waals surface area (Å²) >= 11 is 0. The normalized spacial score (nSPS) is 29.8. The number of aliphatic hydroxyl groups excluding tert-OH is 1. The lowest BCUT2D eigenvalue weighted by atomic mass is 9.63. The molecule has 4 fully saturated rings. The van der Waals surface area contributed by atoms with Crippen LogP contribution in [0.25, 0.3) is 0 Å². The zero-order valence-electron chi connectivity index (χ0n) is 33.0. The van der Waals surface area contributed by atoms with Crippen molar-refractivity contribution in [2.24, 2.45) is 41.4 Å². The van der Waals surface area contributed by atoms with Gasteiger partial charge in [-0.2, -0.15) is 0 Å². The van der Waals surface area contributed by atoms with Gasteiger partial charge in [0.2, 0.25) is 0 Å². The van der Waals surface area contributed by atoms with Crippen molar-refractivity contribution in [2.45, 2.75) is 161 Å². The highest BCUT2D eigenvalue weighted by Gasteiger charge is 2.36. The van der Waals surface area contributed by atoms with Crippen molar-refractivity contribution in [1.82, 2.24) is 0 Å². The third-order valence-corrected chi connectivity index (χ3v) is 14.2. The van der Waals surface area contributed by atoms with Gasteiger partial charge in [0.15, 0.2) is 0 Å². The molecule has 1 aromatic carbocycles. The summed E-state index contributed by atoms with van der Waals surface area (Å²) in [6.07, 6.45) is 27.9. The maximum atomic E-state index is 12.1. The van der Waals surface area contributed by atoms with Crippen LogP contribution >= 0.6 is 0 Å². The Kier molecular flexibility index (Phi) is 16.4. The number of carbonyl (C=O) groups excluding carboxylic acids is 2. The Labute approximate surface area is 316 Å². The SMILES string of the molecule is C=C(C)C(=O)OCC(CCOC(=O)C(=C)CO)C1CCC(CCC2CCC(c3ccc(C4CCC5CC(CCCCC)CCC5C4)cc3)CC2)CC1. The summed E-state index contributed by atoms with van der Waals surface area (Å²) in [5, 5.41) is 9.15. The number of rotatable bonds is 18. The highest BCUT2D eigenvalue weighted by molar-refractivity contribution is 5.88. The Morgan fingerprint density at radius 3 is 1.92 bits per heavy atom. The summed E-state index contributed by atoms with van der Waals surface area (Å²) in [4.78, 5) is 24.1. The predicted molar refractivity (Wildman–Crippen MR) is 212 cm³/mol. The van der Waals surface area contributed by atoms with Gasteiger partial charge in [0, 0.05) is 5.57 Å². The highest BCUT2D eigenvalue weighted by Crippen LogP contribution is 2.49. The Morgan fingerprint density at radius 2 is 1.29 bits per heavy atom. The fourth-order valence-corrected chi connectivity index (χ4v) is 10.7. The average Bonchev–Trinajstić information content (AvgIpc) is 3.18. The Bertz CT molecular complexity index is 1270. The second-order valence-electron chi connectivity index (χ2n) is 17.8. The van der Waals surface area contributed by atoms with Crippen LogP contribution < -0.4 is 0 Å². The Hall–Kier alpha value is -2.40. The number of hydrogen-bond acceptors (Lipinski definition) is 5. The molecule has 5 nitrogen and oxygen atoms in total. The summed E-state index contributed by atoms with van der Waals surface area (Å²) in [5.41, 5.74) is 3.66. The van der Waals surface area contributed by atoms with E-state index < -0.39 is 12.6 Å². The van der Waals surface area contributed by atoms with Crippen molar-refractivity contribution in [1.29, 1.82) is 0 Å². The number of esters is 2. The number of benzene rings is 1. The molecule has 4 saturated carbocycles. The average molecular weight is 717 g/mol. The molecular formula is C47H72O5. The maximum Gasteiger partial charge on any atom is 0.335 e. The van der Waals surface area contributed by atoms with Crippen LogP contribution in [-0.4, -0.2) is 36.9 Å². The largest absolute Gasteiger partial charge is 0.462 e. The van der Waals surface area contributed by atoms with Gasteiger partial charge >= 0.3 is 11.9 Å². The molecule has 5 atom stereocenters. The quantitative estimate of drug-likeness (QED) is 0.0930. The monoisotopic (exact) mass is 717 g/mol. The first kappa shape index (κ1) is 40.8. The lowest BCUT2D eigenvalue weighted by molar-refractivity contribution is -0.144. The van der Waals surface area contributed by atoms with Gasteiger partial charge in [0.1, 0.15) is 0 Å². The molecule has 0 amide bonds. The summed E-state index contributed by atoms with van der Waals surface area (Å²) in [7, 11) is 0. The number of fused-ring (bicyclic) bond motifs is 1. The minimum Gasteiger partial charge on any atom is -0.462 e. The molecule has 1 aromatic rings. The number of ether oxygens (including phenoxy) is 2. The molecule has 1 N–H and O–H groups in total. The summed E-state index contributed by atoms with van der Waals surface area (Å²) in [5.74, 6) is 5.83. The van der Waals surface area contributed by atoms with E-state index in [1.165, 1.54) is 116 Å². The van der Waals surface area contributed by atoms with Crippen molar-refractivity contribution in [3.63, 3.8) is 0 Å². The molecule has 5 heteroatoms. The standard InChI is InChI=1S/C47H72O5/c1-5-6-7-8-37-15-20-44-30-43(26-25-42(44)29-37)40-23-21-39(22-24-40)38-16-11-35(12-17-38)9-10-36-13-18-41(19-14-36)45(32-52-46(49)33(2)3)27-28-51-47(50)34(4)31-48/h21-24,35-38,41-45,48H,2,4-20,25-32H2,1,3H3. The molecule has 290 valence electrons. The van der Waals surface area contributed by atoms with E-state index in [9.17, 15) is 9.59 Å². The topological polar surface area (TPSA) is 72.8 Å². The molecular weight excluding hydrogens is 645 g/mol. The molecule has 0 aromatic heterocycles. The van der Waals surface area contributed by atoms with Crippen LogP contribution in [0.1, 0.15) is 172 Å². The van der Waals surface area contributed by atoms with E-state index in [4.69, 9.17) is 14.6 Å². The van der Waals surface area contributed by atoms with Crippen LogP contribution in [0.2, 0.25) is 0 Å². The molecule has 0 radical (unpaired) electrons. The number of hydrogen-bond donors (Lipinski definition) is 1. The third kappa shape index (κ3) is 12.1. The molecule has 0 saturated heterocycles. The third-order valence-electron chi connectivity index (χ3n) is 14.2. The minimum atomic E-state index is -0.562. The second kappa shape index (κ2) is 20.9. The summed E-state index contributed by atoms with van der Waals surface area (Å²) in [6.45, 7) is 11.4. The first-order chi connectivity index (χ1) is 25.2. The lowest BCUT2D eigenvalue weighted by Gasteiger charge is -2.42. The zero-order chi connectivity index (χ0) is 36.9. The van der Waals surface area contributed by atoms with Crippen molar-refractivity contribution < 1.29 is 24.2 Å². The van der Waals surface area contributed by atoms with Gasteiger partial charge in [0.25, 0.3) is 0 Å². The minimum absolute atomic E-state index is 0.0605. The van der Waals surface area contributed by atoms with Crippen LogP contribution in [0.5, 0.6) is 0 Å². The van der Waals surface area contributed by atoms with Crippen LogP contribution in [0, 0.1) is 41.4 Å². The summed E-state index contributed by atoms with van der Waals surface area (Å²) < 4.78 is 10.9. The predicted octanol–water partition coefficient (Wildman–Crippen LogP) is 11.6. The van der Waals surface area contributed by atoms with E-state index >= 15 is 0 Å². The molecule has 4 aliphatic rings. The van der Waals surface area contributed by atoms with E-state index in [-0.39, 0.29) is 24.1 Å². The van der Waals surface area contributed by atoms with Gasteiger partial charge in [0.05, 0.1) is 25.4 Å². The van der Waals surface area contributed by atoms with Gasteiger partial charge in [-0.05, 0) is 148 Å². The van der Waals surface area contributed by atoms with Gasteiger partial charge in [-0.15, -0.1) is 0 Å². The van der Waals surface area contributed by atoms with Crippen molar-refractivity contribution >= 4 is 11.9 Å². The number of unbranched alkanes of at least 4 members (excludes halogenated alkanes) is 2. The van der Waals surface area contributed by atoms with Gasteiger partial charge < -0.3 is 14.6 Å². The van der Waals surface area contributed by atoms with Gasteiger partial charge in [-0.3, -0.25) is 0 Å². The van der Waals surface area contributed by atoms with E-state index in [0.29, 0.717) is 24.5 Å². The van der Waals surface area contributed by atoms with E-state index in [2.05, 4.69) is 44.3 Å². The fraction of sp³-hybridized carbons (Fsp3) is 0.745. The van der Waals surface area contributed by atoms with E-state index in [1.807, 2.05) is 0 Å². The van der Waals surface area contributed by atoms with Crippen LogP contribution in [0.15, 0.2) is 48.6 Å². The zero-order valence-corrected chi connectivity index (χ0v) is 33.0. The molecule has 4 aliphatic carbocycles. The molecule has 5 unspecified atom stereocenters. The summed E-state index contributed by atoms with van der Waals surface area (Å²) in [6, 6.07) is 10.0. The molecule has 0 bridgehead atoms. The molecule has 52 heavy (non-hydrogen) atoms. The molecule has 0 aliphatic heterocycles. The van der Waals surface area contributed by atoms with Crippen LogP contribution in [0.3, 0.4) is 0 Å². The second-order valence-corrected chi connectivity index (χ2v) is 17.8. The van der Waals surface area contributed by atoms with Crippen molar-refractivity contribution in [3.05, 3.63) is 59.7 Å². The number of carbonyl (C=O) groups is 2. The first-order valence-corrected chi connectivity index (χ1v) is 21.6. The highest BCUT2D eigenvalue weighted by atomic mass is 16.5. The van der Waals surface area contributed by atoms with Gasteiger partial charge in [-0.1, -0.05) is 102 Å². The number of aliphatic hydroxyl groups is 1. The lowest BCUT2D eigenvalue weighted by Crippen LogP contribution is -2.30. The smallest absolute Gasteiger partial charge is 0.335 e. The van der Waals surface area contributed by atoms with Crippen molar-refractivity contribution in [2.75, 3.05) is 19.8 Å². The van der Waals surface area contributed by atoms with Gasteiger partial charge in [-0.25, -0.2) is 9.59 Å². The Morgan fingerprint density at radius 1 is 0.712 bits per heavy atom. The Balaban J connectivity index is 0.993. The van der Waals surface area contributed by atoms with Crippen molar-refractivity contribution in [3.8, 4) is 0 Å².